The quantitative estimate of drug-likeness (QED) is 0.627. The van der Waals surface area contributed by atoms with Gasteiger partial charge in [0.2, 0.25) is 0 Å². The monoisotopic (exact) mass is 199 g/mol. The molecule has 0 radical (unpaired) electrons. The highest BCUT2D eigenvalue weighted by Gasteiger charge is 2.36. The highest BCUT2D eigenvalue weighted by atomic mass is 16.3. The summed E-state index contributed by atoms with van der Waals surface area (Å²) in [6, 6.07) is 0. The van der Waals surface area contributed by atoms with Gasteiger partial charge in [0.25, 0.3) is 0 Å². The maximum Gasteiger partial charge on any atom is 0.0771 e. The molecule has 0 unspecified atom stereocenters. The van der Waals surface area contributed by atoms with E-state index in [1.54, 1.807) is 0 Å². The summed E-state index contributed by atoms with van der Waals surface area (Å²) in [6.07, 6.45) is 7.08. The van der Waals surface area contributed by atoms with E-state index in [9.17, 15) is 10.2 Å². The Kier molecular flexibility index (Phi) is 2.82. The van der Waals surface area contributed by atoms with E-state index in [1.165, 1.54) is 0 Å². The maximum atomic E-state index is 10.0. The lowest BCUT2D eigenvalue weighted by Crippen LogP contribution is -2.49. The van der Waals surface area contributed by atoms with Gasteiger partial charge in [0.05, 0.1) is 11.2 Å². The molecule has 0 bridgehead atoms. The second-order valence-corrected chi connectivity index (χ2v) is 5.11. The number of hydrogen-bond donors (Lipinski definition) is 3. The Morgan fingerprint density at radius 3 is 1.57 bits per heavy atom. The summed E-state index contributed by atoms with van der Waals surface area (Å²) in [5, 5.41) is 23.1. The third-order valence-electron chi connectivity index (χ3n) is 3.73. The first-order valence-corrected chi connectivity index (χ1v) is 5.78. The van der Waals surface area contributed by atoms with Crippen molar-refractivity contribution < 1.29 is 10.2 Å². The Hall–Kier alpha value is -0.120. The van der Waals surface area contributed by atoms with Crippen molar-refractivity contribution in [1.82, 2.24) is 5.32 Å². The van der Waals surface area contributed by atoms with Gasteiger partial charge >= 0.3 is 0 Å². The molecular formula is C11H21NO2. The molecule has 0 saturated heterocycles. The van der Waals surface area contributed by atoms with E-state index in [0.29, 0.717) is 13.1 Å². The molecule has 0 atom stereocenters. The number of rotatable bonds is 4. The van der Waals surface area contributed by atoms with Crippen LogP contribution in [-0.4, -0.2) is 34.5 Å². The van der Waals surface area contributed by atoms with Crippen LogP contribution in [0.1, 0.15) is 44.9 Å². The van der Waals surface area contributed by atoms with Gasteiger partial charge in [-0.25, -0.2) is 0 Å². The van der Waals surface area contributed by atoms with Crippen LogP contribution in [0.3, 0.4) is 0 Å². The largest absolute Gasteiger partial charge is 0.389 e. The fraction of sp³-hybridized carbons (Fsp3) is 1.00. The first-order chi connectivity index (χ1) is 6.62. The number of nitrogens with one attached hydrogen (secondary N) is 1. The number of aliphatic hydroxyl groups is 2. The first-order valence-electron chi connectivity index (χ1n) is 5.78. The topological polar surface area (TPSA) is 52.5 Å². The van der Waals surface area contributed by atoms with Crippen molar-refractivity contribution in [3.63, 3.8) is 0 Å². The molecule has 0 heterocycles. The van der Waals surface area contributed by atoms with Gasteiger partial charge in [-0.2, -0.15) is 0 Å². The molecule has 2 aliphatic carbocycles. The van der Waals surface area contributed by atoms with Crippen molar-refractivity contribution >= 4 is 0 Å². The van der Waals surface area contributed by atoms with Crippen LogP contribution in [0.4, 0.5) is 0 Å². The van der Waals surface area contributed by atoms with Crippen LogP contribution >= 0.6 is 0 Å². The van der Waals surface area contributed by atoms with Crippen LogP contribution in [-0.2, 0) is 0 Å². The first kappa shape index (κ1) is 10.4. The van der Waals surface area contributed by atoms with Crippen LogP contribution in [0.2, 0.25) is 0 Å². The van der Waals surface area contributed by atoms with Crippen LogP contribution < -0.4 is 5.32 Å². The van der Waals surface area contributed by atoms with Crippen molar-refractivity contribution in [2.75, 3.05) is 13.1 Å². The van der Waals surface area contributed by atoms with Crippen molar-refractivity contribution in [3.8, 4) is 0 Å². The van der Waals surface area contributed by atoms with Crippen LogP contribution in [0.25, 0.3) is 0 Å². The van der Waals surface area contributed by atoms with E-state index in [-0.39, 0.29) is 0 Å². The number of hydrogen-bond acceptors (Lipinski definition) is 3. The van der Waals surface area contributed by atoms with E-state index < -0.39 is 11.2 Å². The fourth-order valence-electron chi connectivity index (χ4n) is 2.50. The average molecular weight is 199 g/mol. The standard InChI is InChI=1S/C11H21NO2/c13-10(4-1-2-5-10)8-12-9-11(14)6-3-7-11/h12-14H,1-9H2. The Balaban J connectivity index is 1.67. The smallest absolute Gasteiger partial charge is 0.0771 e. The molecule has 3 heteroatoms. The minimum absolute atomic E-state index is 0.463. The van der Waals surface area contributed by atoms with Gasteiger partial charge in [0, 0.05) is 13.1 Å². The SMILES string of the molecule is OC1(CNCC2(O)CCC2)CCCC1. The Bertz CT molecular complexity index is 195. The van der Waals surface area contributed by atoms with E-state index >= 15 is 0 Å². The lowest BCUT2D eigenvalue weighted by atomic mass is 9.80. The minimum atomic E-state index is -0.486. The van der Waals surface area contributed by atoms with Crippen molar-refractivity contribution in [2.24, 2.45) is 0 Å². The summed E-state index contributed by atoms with van der Waals surface area (Å²) in [5.41, 5.74) is -0.949. The molecule has 3 N–H and O–H groups in total. The maximum absolute atomic E-state index is 10.0. The fourth-order valence-corrected chi connectivity index (χ4v) is 2.50. The van der Waals surface area contributed by atoms with Gasteiger partial charge < -0.3 is 15.5 Å². The molecule has 0 aromatic carbocycles. The van der Waals surface area contributed by atoms with Gasteiger partial charge in [-0.1, -0.05) is 12.8 Å². The molecule has 2 saturated carbocycles. The van der Waals surface area contributed by atoms with E-state index in [0.717, 1.165) is 44.9 Å². The molecule has 0 amide bonds. The molecule has 2 rings (SSSR count). The molecule has 2 fully saturated rings. The second-order valence-electron chi connectivity index (χ2n) is 5.11. The summed E-state index contributed by atoms with van der Waals surface area (Å²) >= 11 is 0. The lowest BCUT2D eigenvalue weighted by Gasteiger charge is -2.37. The molecule has 0 aromatic heterocycles. The average Bonchev–Trinajstić information content (AvgIpc) is 2.50. The van der Waals surface area contributed by atoms with Crippen LogP contribution in [0, 0.1) is 0 Å². The normalized spacial score (nSPS) is 28.7. The Morgan fingerprint density at radius 2 is 1.21 bits per heavy atom. The van der Waals surface area contributed by atoms with Crippen molar-refractivity contribution in [3.05, 3.63) is 0 Å². The predicted octanol–water partition coefficient (Wildman–Crippen LogP) is 0.796. The van der Waals surface area contributed by atoms with Crippen LogP contribution in [0.15, 0.2) is 0 Å². The van der Waals surface area contributed by atoms with E-state index in [2.05, 4.69) is 5.32 Å². The summed E-state index contributed by atoms with van der Waals surface area (Å²) in [7, 11) is 0. The predicted molar refractivity (Wildman–Crippen MR) is 55.1 cm³/mol. The third-order valence-corrected chi connectivity index (χ3v) is 3.73. The zero-order valence-electron chi connectivity index (χ0n) is 8.76. The second kappa shape index (κ2) is 3.80. The molecule has 0 aromatic rings. The van der Waals surface area contributed by atoms with Crippen LogP contribution in [0.5, 0.6) is 0 Å². The molecule has 3 nitrogen and oxygen atoms in total. The molecule has 2 aliphatic rings. The van der Waals surface area contributed by atoms with Gasteiger partial charge in [-0.3, -0.25) is 0 Å². The zero-order chi connectivity index (χ0) is 10.1. The Morgan fingerprint density at radius 1 is 0.786 bits per heavy atom. The molecule has 82 valence electrons. The molecule has 14 heavy (non-hydrogen) atoms. The minimum Gasteiger partial charge on any atom is -0.389 e. The van der Waals surface area contributed by atoms with Gasteiger partial charge in [-0.15, -0.1) is 0 Å². The zero-order valence-corrected chi connectivity index (χ0v) is 8.76. The highest BCUT2D eigenvalue weighted by molar-refractivity contribution is 4.92. The summed E-state index contributed by atoms with van der Waals surface area (Å²) in [5.74, 6) is 0. The highest BCUT2D eigenvalue weighted by Crippen LogP contribution is 2.32. The summed E-state index contributed by atoms with van der Waals surface area (Å²) in [6.45, 7) is 1.30. The summed E-state index contributed by atoms with van der Waals surface area (Å²) < 4.78 is 0. The molecular weight excluding hydrogens is 178 g/mol. The van der Waals surface area contributed by atoms with E-state index in [4.69, 9.17) is 0 Å². The molecule has 0 spiro atoms. The van der Waals surface area contributed by atoms with Gasteiger partial charge in [0.1, 0.15) is 0 Å². The van der Waals surface area contributed by atoms with Crippen molar-refractivity contribution in [2.45, 2.75) is 56.1 Å². The van der Waals surface area contributed by atoms with Gasteiger partial charge in [-0.05, 0) is 32.1 Å². The lowest BCUT2D eigenvalue weighted by molar-refractivity contribution is -0.0371. The van der Waals surface area contributed by atoms with E-state index in [1.807, 2.05) is 0 Å². The summed E-state index contributed by atoms with van der Waals surface area (Å²) in [4.78, 5) is 0. The van der Waals surface area contributed by atoms with Gasteiger partial charge in [0.15, 0.2) is 0 Å². The molecule has 0 aliphatic heterocycles. The third kappa shape index (κ3) is 2.27. The van der Waals surface area contributed by atoms with Crippen molar-refractivity contribution in [1.29, 1.82) is 0 Å². The Labute approximate surface area is 85.5 Å².